The van der Waals surface area contributed by atoms with E-state index in [4.69, 9.17) is 15.2 Å². The first-order chi connectivity index (χ1) is 15.9. The molecule has 2 saturated heterocycles. The van der Waals surface area contributed by atoms with Gasteiger partial charge in [0.15, 0.2) is 0 Å². The Balaban J connectivity index is 1.62. The highest BCUT2D eigenvalue weighted by Gasteiger charge is 2.35. The molecule has 0 saturated carbocycles. The Morgan fingerprint density at radius 3 is 2.52 bits per heavy atom. The first-order valence-electron chi connectivity index (χ1n) is 12.0. The molecule has 0 bridgehead atoms. The second kappa shape index (κ2) is 12.0. The van der Waals surface area contributed by atoms with Crippen LogP contribution in [0.2, 0.25) is 0 Å². The van der Waals surface area contributed by atoms with Crippen molar-refractivity contribution in [3.05, 3.63) is 29.8 Å². The van der Waals surface area contributed by atoms with Crippen LogP contribution in [0.5, 0.6) is 5.75 Å². The summed E-state index contributed by atoms with van der Waals surface area (Å²) in [7, 11) is 1.62. The minimum atomic E-state index is -0.268. The summed E-state index contributed by atoms with van der Waals surface area (Å²) in [6.07, 6.45) is 4.08. The van der Waals surface area contributed by atoms with E-state index in [1.54, 1.807) is 7.11 Å². The summed E-state index contributed by atoms with van der Waals surface area (Å²) in [5.41, 5.74) is 6.53. The summed E-state index contributed by atoms with van der Waals surface area (Å²) < 4.78 is 10.4. The van der Waals surface area contributed by atoms with Gasteiger partial charge in [0.1, 0.15) is 5.75 Å². The molecule has 0 aromatic heterocycles. The Morgan fingerprint density at radius 2 is 1.85 bits per heavy atom. The second-order valence-electron chi connectivity index (χ2n) is 9.07. The summed E-state index contributed by atoms with van der Waals surface area (Å²) in [4.78, 5) is 41.1. The molecule has 0 aliphatic carbocycles. The molecule has 3 rings (SSSR count). The van der Waals surface area contributed by atoms with Crippen LogP contribution in [0.1, 0.15) is 44.6 Å². The standard InChI is InChI=1S/C25H37N3O5/c1-3-33-24(30)16-19-10-14-28(23(29)15-18-6-8-21(32-2)9-7-18)17-20(19)11-13-27-12-4-5-22(27)25(26)31/h6-9,19-20,22H,3-5,10-17H2,1-2H3,(H2,26,31). The van der Waals surface area contributed by atoms with Crippen molar-refractivity contribution >= 4 is 17.8 Å². The lowest BCUT2D eigenvalue weighted by Crippen LogP contribution is -2.47. The molecule has 3 unspecified atom stereocenters. The van der Waals surface area contributed by atoms with Gasteiger partial charge in [-0.15, -0.1) is 0 Å². The van der Waals surface area contributed by atoms with Gasteiger partial charge in [0.05, 0.1) is 26.2 Å². The average Bonchev–Trinajstić information content (AvgIpc) is 3.28. The summed E-state index contributed by atoms with van der Waals surface area (Å²) in [5.74, 6) is 0.760. The van der Waals surface area contributed by atoms with Gasteiger partial charge < -0.3 is 20.1 Å². The fraction of sp³-hybridized carbons (Fsp3) is 0.640. The van der Waals surface area contributed by atoms with Crippen molar-refractivity contribution in [2.24, 2.45) is 17.6 Å². The number of hydrogen-bond donors (Lipinski definition) is 1. The minimum Gasteiger partial charge on any atom is -0.497 e. The Bertz CT molecular complexity index is 813. The van der Waals surface area contributed by atoms with Crippen molar-refractivity contribution in [1.29, 1.82) is 0 Å². The Kier molecular flexibility index (Phi) is 9.11. The third kappa shape index (κ3) is 6.93. The van der Waals surface area contributed by atoms with Crippen molar-refractivity contribution in [1.82, 2.24) is 9.80 Å². The van der Waals surface area contributed by atoms with Crippen LogP contribution in [0.25, 0.3) is 0 Å². The highest BCUT2D eigenvalue weighted by molar-refractivity contribution is 5.80. The summed E-state index contributed by atoms with van der Waals surface area (Å²) in [5, 5.41) is 0. The Labute approximate surface area is 196 Å². The summed E-state index contributed by atoms with van der Waals surface area (Å²) in [6, 6.07) is 7.35. The molecule has 1 aromatic carbocycles. The molecule has 182 valence electrons. The number of methoxy groups -OCH3 is 1. The Hall–Kier alpha value is -2.61. The van der Waals surface area contributed by atoms with Gasteiger partial charge in [-0.2, -0.15) is 0 Å². The van der Waals surface area contributed by atoms with Gasteiger partial charge in [-0.1, -0.05) is 12.1 Å². The fourth-order valence-corrected chi connectivity index (χ4v) is 5.11. The third-order valence-electron chi connectivity index (χ3n) is 6.97. The number of ether oxygens (including phenoxy) is 2. The smallest absolute Gasteiger partial charge is 0.306 e. The zero-order chi connectivity index (χ0) is 23.8. The predicted octanol–water partition coefficient (Wildman–Crippen LogP) is 2.00. The van der Waals surface area contributed by atoms with Crippen LogP contribution in [0, 0.1) is 11.8 Å². The quantitative estimate of drug-likeness (QED) is 0.537. The normalized spacial score (nSPS) is 23.3. The first-order valence-corrected chi connectivity index (χ1v) is 12.0. The van der Waals surface area contributed by atoms with E-state index in [0.717, 1.165) is 50.1 Å². The topological polar surface area (TPSA) is 102 Å². The number of carbonyl (C=O) groups is 3. The number of amides is 2. The number of hydrogen-bond acceptors (Lipinski definition) is 6. The van der Waals surface area contributed by atoms with Crippen molar-refractivity contribution in [3.8, 4) is 5.75 Å². The third-order valence-corrected chi connectivity index (χ3v) is 6.97. The molecular weight excluding hydrogens is 422 g/mol. The first kappa shape index (κ1) is 25.0. The maximum absolute atomic E-state index is 13.0. The molecule has 1 aromatic rings. The van der Waals surface area contributed by atoms with E-state index < -0.39 is 0 Å². The number of carbonyl (C=O) groups excluding carboxylic acids is 3. The van der Waals surface area contributed by atoms with E-state index in [-0.39, 0.29) is 35.7 Å². The number of rotatable bonds is 10. The molecule has 33 heavy (non-hydrogen) atoms. The molecule has 2 aliphatic rings. The van der Waals surface area contributed by atoms with E-state index in [9.17, 15) is 14.4 Å². The lowest BCUT2D eigenvalue weighted by atomic mass is 9.80. The molecule has 8 nitrogen and oxygen atoms in total. The number of likely N-dealkylation sites (tertiary alicyclic amines) is 2. The van der Waals surface area contributed by atoms with Gasteiger partial charge in [-0.05, 0) is 75.2 Å². The molecule has 2 fully saturated rings. The molecule has 3 atom stereocenters. The van der Waals surface area contributed by atoms with E-state index in [1.807, 2.05) is 36.1 Å². The van der Waals surface area contributed by atoms with Gasteiger partial charge in [-0.25, -0.2) is 0 Å². The number of primary amides is 1. The predicted molar refractivity (Wildman–Crippen MR) is 125 cm³/mol. The van der Waals surface area contributed by atoms with Crippen LogP contribution >= 0.6 is 0 Å². The second-order valence-corrected chi connectivity index (χ2v) is 9.07. The maximum atomic E-state index is 13.0. The van der Waals surface area contributed by atoms with E-state index in [0.29, 0.717) is 32.5 Å². The van der Waals surface area contributed by atoms with E-state index in [2.05, 4.69) is 4.90 Å². The number of benzene rings is 1. The number of nitrogens with two attached hydrogens (primary N) is 1. The van der Waals surface area contributed by atoms with Crippen LogP contribution in [0.4, 0.5) is 0 Å². The van der Waals surface area contributed by atoms with Crippen molar-refractivity contribution in [2.45, 2.75) is 51.5 Å². The van der Waals surface area contributed by atoms with Crippen LogP contribution in [0.15, 0.2) is 24.3 Å². The summed E-state index contributed by atoms with van der Waals surface area (Å²) in [6.45, 7) is 5.06. The fourth-order valence-electron chi connectivity index (χ4n) is 5.11. The molecule has 0 radical (unpaired) electrons. The van der Waals surface area contributed by atoms with Crippen molar-refractivity contribution in [3.63, 3.8) is 0 Å². The Morgan fingerprint density at radius 1 is 1.09 bits per heavy atom. The molecule has 8 heteroatoms. The number of piperidine rings is 1. The molecule has 2 heterocycles. The lowest BCUT2D eigenvalue weighted by Gasteiger charge is -2.39. The minimum absolute atomic E-state index is 0.0935. The van der Waals surface area contributed by atoms with Crippen molar-refractivity contribution in [2.75, 3.05) is 39.9 Å². The molecular formula is C25H37N3O5. The zero-order valence-corrected chi connectivity index (χ0v) is 19.8. The largest absolute Gasteiger partial charge is 0.497 e. The van der Waals surface area contributed by atoms with Gasteiger partial charge >= 0.3 is 5.97 Å². The molecule has 0 spiro atoms. The highest BCUT2D eigenvalue weighted by atomic mass is 16.5. The van der Waals surface area contributed by atoms with Gasteiger partial charge in [0.2, 0.25) is 11.8 Å². The van der Waals surface area contributed by atoms with Gasteiger partial charge in [-0.3, -0.25) is 19.3 Å². The van der Waals surface area contributed by atoms with Crippen molar-refractivity contribution < 1.29 is 23.9 Å². The average molecular weight is 460 g/mol. The maximum Gasteiger partial charge on any atom is 0.306 e. The van der Waals surface area contributed by atoms with Crippen LogP contribution in [0.3, 0.4) is 0 Å². The highest BCUT2D eigenvalue weighted by Crippen LogP contribution is 2.31. The molecule has 2 aliphatic heterocycles. The zero-order valence-electron chi connectivity index (χ0n) is 19.8. The summed E-state index contributed by atoms with van der Waals surface area (Å²) >= 11 is 0. The van der Waals surface area contributed by atoms with Crippen LogP contribution in [-0.2, 0) is 25.5 Å². The van der Waals surface area contributed by atoms with Crippen LogP contribution in [-0.4, -0.2) is 73.5 Å². The molecule has 2 amide bonds. The number of esters is 1. The van der Waals surface area contributed by atoms with Gasteiger partial charge in [0, 0.05) is 19.5 Å². The number of nitrogens with zero attached hydrogens (tertiary/aromatic N) is 2. The van der Waals surface area contributed by atoms with E-state index >= 15 is 0 Å². The molecule has 2 N–H and O–H groups in total. The monoisotopic (exact) mass is 459 g/mol. The van der Waals surface area contributed by atoms with E-state index in [1.165, 1.54) is 0 Å². The van der Waals surface area contributed by atoms with Crippen LogP contribution < -0.4 is 10.5 Å². The van der Waals surface area contributed by atoms with Gasteiger partial charge in [0.25, 0.3) is 0 Å². The lowest BCUT2D eigenvalue weighted by molar-refractivity contribution is -0.145. The SMILES string of the molecule is CCOC(=O)CC1CCN(C(=O)Cc2ccc(OC)cc2)CC1CCN1CCCC1C(N)=O.